The molecule has 1 fully saturated rings. The molecule has 0 radical (unpaired) electrons. The van der Waals surface area contributed by atoms with Crippen molar-refractivity contribution in [1.29, 1.82) is 0 Å². The zero-order valence-corrected chi connectivity index (χ0v) is 13.7. The van der Waals surface area contributed by atoms with Gasteiger partial charge in [-0.15, -0.1) is 0 Å². The Morgan fingerprint density at radius 3 is 2.68 bits per heavy atom. The summed E-state index contributed by atoms with van der Waals surface area (Å²) in [6, 6.07) is 0.659. The number of unbranched alkanes of at least 4 members (excludes halogenated alkanes) is 1. The summed E-state index contributed by atoms with van der Waals surface area (Å²) in [4.78, 5) is 2.72. The lowest BCUT2D eigenvalue weighted by molar-refractivity contribution is 0.0334. The molecule has 3 heteroatoms. The molecular weight excluding hydrogens is 236 g/mol. The van der Waals surface area contributed by atoms with Crippen LogP contribution in [0.1, 0.15) is 53.4 Å². The highest BCUT2D eigenvalue weighted by molar-refractivity contribution is 4.96. The predicted molar refractivity (Wildman–Crippen MR) is 82.6 cm³/mol. The maximum Gasteiger partial charge on any atom is 0.0462 e. The molecule has 3 atom stereocenters. The van der Waals surface area contributed by atoms with E-state index in [1.165, 1.54) is 38.8 Å². The van der Waals surface area contributed by atoms with E-state index in [2.05, 4.69) is 37.9 Å². The fourth-order valence-corrected chi connectivity index (χ4v) is 2.91. The average molecular weight is 270 g/mol. The van der Waals surface area contributed by atoms with E-state index in [-0.39, 0.29) is 0 Å². The summed E-state index contributed by atoms with van der Waals surface area (Å²) in [7, 11) is 1.79. The topological polar surface area (TPSA) is 24.5 Å². The summed E-state index contributed by atoms with van der Waals surface area (Å²) in [5.74, 6) is 0.767. The van der Waals surface area contributed by atoms with Gasteiger partial charge in [0, 0.05) is 38.4 Å². The lowest BCUT2D eigenvalue weighted by atomic mass is 9.88. The van der Waals surface area contributed by atoms with Crippen LogP contribution in [0.25, 0.3) is 0 Å². The van der Waals surface area contributed by atoms with Gasteiger partial charge in [0.25, 0.3) is 0 Å². The van der Waals surface area contributed by atoms with Gasteiger partial charge < -0.3 is 10.1 Å². The van der Waals surface area contributed by atoms with Gasteiger partial charge in [0.1, 0.15) is 0 Å². The van der Waals surface area contributed by atoms with Crippen LogP contribution in [0.5, 0.6) is 0 Å². The molecule has 1 N–H and O–H groups in total. The van der Waals surface area contributed by atoms with E-state index in [0.717, 1.165) is 19.1 Å². The first-order chi connectivity index (χ1) is 9.07. The summed E-state index contributed by atoms with van der Waals surface area (Å²) in [5, 5.41) is 3.78. The molecule has 0 bridgehead atoms. The minimum Gasteiger partial charge on any atom is -0.385 e. The Labute approximate surface area is 120 Å². The number of nitrogens with zero attached hydrogens (tertiary/aromatic N) is 1. The van der Waals surface area contributed by atoms with Crippen molar-refractivity contribution < 1.29 is 4.74 Å². The van der Waals surface area contributed by atoms with Crippen molar-refractivity contribution in [2.75, 3.05) is 33.4 Å². The minimum absolute atomic E-state index is 0.330. The number of ether oxygens (including phenoxy) is 1. The van der Waals surface area contributed by atoms with E-state index < -0.39 is 0 Å². The van der Waals surface area contributed by atoms with Crippen LogP contribution < -0.4 is 5.32 Å². The van der Waals surface area contributed by atoms with Crippen LogP contribution in [0.2, 0.25) is 0 Å². The first-order valence-corrected chi connectivity index (χ1v) is 8.04. The van der Waals surface area contributed by atoms with Gasteiger partial charge in [-0.05, 0) is 38.6 Å². The molecule has 3 nitrogen and oxygen atoms in total. The second kappa shape index (κ2) is 8.23. The maximum atomic E-state index is 5.16. The fourth-order valence-electron chi connectivity index (χ4n) is 2.91. The van der Waals surface area contributed by atoms with Crippen molar-refractivity contribution in [3.8, 4) is 0 Å². The van der Waals surface area contributed by atoms with E-state index in [9.17, 15) is 0 Å². The van der Waals surface area contributed by atoms with Gasteiger partial charge in [0.15, 0.2) is 0 Å². The smallest absolute Gasteiger partial charge is 0.0462 e. The second-order valence-corrected chi connectivity index (χ2v) is 6.37. The molecule has 0 saturated carbocycles. The molecule has 19 heavy (non-hydrogen) atoms. The molecule has 114 valence electrons. The van der Waals surface area contributed by atoms with Gasteiger partial charge in [0.2, 0.25) is 0 Å². The number of nitrogens with one attached hydrogen (secondary N) is 1. The van der Waals surface area contributed by atoms with Crippen molar-refractivity contribution >= 4 is 0 Å². The Balaban J connectivity index is 2.53. The Hall–Kier alpha value is -0.120. The molecule has 3 unspecified atom stereocenters. The Kier molecular flexibility index (Phi) is 7.33. The first kappa shape index (κ1) is 16.9. The third-order valence-electron chi connectivity index (χ3n) is 5.04. The summed E-state index contributed by atoms with van der Waals surface area (Å²) < 4.78 is 5.16. The SMILES string of the molecule is CCC(C)C1CN(CCCCOC)C(C)(CC)CN1. The van der Waals surface area contributed by atoms with Crippen molar-refractivity contribution in [3.05, 3.63) is 0 Å². The highest BCUT2D eigenvalue weighted by Crippen LogP contribution is 2.26. The van der Waals surface area contributed by atoms with Crippen molar-refractivity contribution in [2.24, 2.45) is 5.92 Å². The fraction of sp³-hybridized carbons (Fsp3) is 1.00. The zero-order chi connectivity index (χ0) is 14.3. The first-order valence-electron chi connectivity index (χ1n) is 8.04. The van der Waals surface area contributed by atoms with Gasteiger partial charge in [-0.3, -0.25) is 4.90 Å². The summed E-state index contributed by atoms with van der Waals surface area (Å²) >= 11 is 0. The second-order valence-electron chi connectivity index (χ2n) is 6.37. The van der Waals surface area contributed by atoms with Crippen molar-refractivity contribution in [3.63, 3.8) is 0 Å². The molecule has 1 saturated heterocycles. The van der Waals surface area contributed by atoms with E-state index in [4.69, 9.17) is 4.74 Å². The number of rotatable bonds is 8. The largest absolute Gasteiger partial charge is 0.385 e. The standard InChI is InChI=1S/C16H34N2O/c1-6-14(3)15-12-18(10-8-9-11-19-5)16(4,7-2)13-17-15/h14-15,17H,6-13H2,1-5H3. The van der Waals surface area contributed by atoms with Gasteiger partial charge in [-0.25, -0.2) is 0 Å². The van der Waals surface area contributed by atoms with Gasteiger partial charge >= 0.3 is 0 Å². The molecule has 0 aromatic rings. The molecule has 0 aliphatic carbocycles. The van der Waals surface area contributed by atoms with E-state index in [1.807, 2.05) is 0 Å². The number of piperazine rings is 1. The molecule has 0 amide bonds. The van der Waals surface area contributed by atoms with Crippen molar-refractivity contribution in [2.45, 2.75) is 65.0 Å². The van der Waals surface area contributed by atoms with Crippen LogP contribution in [-0.2, 0) is 4.74 Å². The van der Waals surface area contributed by atoms with Crippen molar-refractivity contribution in [1.82, 2.24) is 10.2 Å². The van der Waals surface area contributed by atoms with E-state index in [1.54, 1.807) is 7.11 Å². The lowest BCUT2D eigenvalue weighted by Crippen LogP contribution is -2.64. The van der Waals surface area contributed by atoms with E-state index >= 15 is 0 Å². The Morgan fingerprint density at radius 1 is 1.37 bits per heavy atom. The highest BCUT2D eigenvalue weighted by atomic mass is 16.5. The quantitative estimate of drug-likeness (QED) is 0.686. The molecule has 0 aromatic carbocycles. The van der Waals surface area contributed by atoms with Crippen LogP contribution in [-0.4, -0.2) is 49.8 Å². The number of hydrogen-bond acceptors (Lipinski definition) is 3. The van der Waals surface area contributed by atoms with Gasteiger partial charge in [-0.1, -0.05) is 27.2 Å². The number of methoxy groups -OCH3 is 1. The summed E-state index contributed by atoms with van der Waals surface area (Å²) in [6.07, 6.45) is 4.90. The van der Waals surface area contributed by atoms with Crippen LogP contribution in [0.15, 0.2) is 0 Å². The molecule has 1 heterocycles. The molecule has 1 rings (SSSR count). The minimum atomic E-state index is 0.330. The van der Waals surface area contributed by atoms with Gasteiger partial charge in [-0.2, -0.15) is 0 Å². The average Bonchev–Trinajstić information content (AvgIpc) is 2.44. The summed E-state index contributed by atoms with van der Waals surface area (Å²) in [6.45, 7) is 13.8. The van der Waals surface area contributed by atoms with Gasteiger partial charge in [0.05, 0.1) is 0 Å². The van der Waals surface area contributed by atoms with Crippen LogP contribution >= 0.6 is 0 Å². The highest BCUT2D eigenvalue weighted by Gasteiger charge is 2.36. The van der Waals surface area contributed by atoms with Crippen LogP contribution in [0.3, 0.4) is 0 Å². The Bertz CT molecular complexity index is 247. The third-order valence-corrected chi connectivity index (χ3v) is 5.04. The number of hydrogen-bond donors (Lipinski definition) is 1. The molecule has 1 aliphatic rings. The van der Waals surface area contributed by atoms with Crippen LogP contribution in [0, 0.1) is 5.92 Å². The summed E-state index contributed by atoms with van der Waals surface area (Å²) in [5.41, 5.74) is 0.330. The monoisotopic (exact) mass is 270 g/mol. The van der Waals surface area contributed by atoms with E-state index in [0.29, 0.717) is 11.6 Å². The Morgan fingerprint density at radius 2 is 2.11 bits per heavy atom. The molecule has 0 aromatic heterocycles. The lowest BCUT2D eigenvalue weighted by Gasteiger charge is -2.49. The molecule has 1 aliphatic heterocycles. The molecular formula is C16H34N2O. The van der Waals surface area contributed by atoms with Crippen LogP contribution in [0.4, 0.5) is 0 Å². The normalized spacial score (nSPS) is 30.5. The molecule has 0 spiro atoms. The maximum absolute atomic E-state index is 5.16. The zero-order valence-electron chi connectivity index (χ0n) is 13.7. The third kappa shape index (κ3) is 4.73. The predicted octanol–water partition coefficient (Wildman–Crippen LogP) is 2.90.